The van der Waals surface area contributed by atoms with E-state index in [-0.39, 0.29) is 16.4 Å². The number of nitrogens with zero attached hydrogens (tertiary/aromatic N) is 2. The predicted molar refractivity (Wildman–Crippen MR) is 75.1 cm³/mol. The summed E-state index contributed by atoms with van der Waals surface area (Å²) in [6.07, 6.45) is 3.35. The summed E-state index contributed by atoms with van der Waals surface area (Å²) in [6, 6.07) is 8.64. The number of aromatic hydroxyl groups is 1. The van der Waals surface area contributed by atoms with Crippen LogP contribution in [0.25, 0.3) is 0 Å². The third-order valence-electron chi connectivity index (χ3n) is 3.57. The summed E-state index contributed by atoms with van der Waals surface area (Å²) in [5, 5.41) is 18.4. The minimum atomic E-state index is -0.342. The van der Waals surface area contributed by atoms with Crippen LogP contribution >= 0.6 is 11.8 Å². The van der Waals surface area contributed by atoms with E-state index in [1.807, 2.05) is 6.26 Å². The molecular weight excluding hydrogens is 260 g/mol. The van der Waals surface area contributed by atoms with Crippen LogP contribution in [0.2, 0.25) is 0 Å². The van der Waals surface area contributed by atoms with Crippen molar-refractivity contribution in [3.63, 3.8) is 0 Å². The van der Waals surface area contributed by atoms with Crippen LogP contribution in [0.4, 0.5) is 0 Å². The average Bonchev–Trinajstić information content (AvgIpc) is 2.47. The van der Waals surface area contributed by atoms with Crippen LogP contribution < -0.4 is 0 Å². The van der Waals surface area contributed by atoms with Gasteiger partial charge in [-0.15, -0.1) is 11.8 Å². The Hall–Kier alpha value is -1.67. The van der Waals surface area contributed by atoms with Gasteiger partial charge in [-0.05, 0) is 43.4 Å². The predicted octanol–water partition coefficient (Wildman–Crippen LogP) is 2.25. The standard InChI is InChI=1S/C14H16N2O2S/c1-19-14(10-15)6-8-16(9-7-14)13(18)11-2-4-12(17)5-3-11/h2-5,17H,6-9H2,1H3. The quantitative estimate of drug-likeness (QED) is 0.900. The van der Waals surface area contributed by atoms with E-state index in [1.165, 1.54) is 12.1 Å². The van der Waals surface area contributed by atoms with Crippen LogP contribution in [0.5, 0.6) is 5.75 Å². The van der Waals surface area contributed by atoms with Crippen molar-refractivity contribution in [3.8, 4) is 11.8 Å². The van der Waals surface area contributed by atoms with Crippen LogP contribution in [0.3, 0.4) is 0 Å². The number of amides is 1. The lowest BCUT2D eigenvalue weighted by atomic mass is 9.96. The second-order valence-electron chi connectivity index (χ2n) is 4.65. The Morgan fingerprint density at radius 3 is 2.42 bits per heavy atom. The van der Waals surface area contributed by atoms with Gasteiger partial charge in [-0.1, -0.05) is 0 Å². The van der Waals surface area contributed by atoms with E-state index in [0.717, 1.165) is 0 Å². The molecule has 1 aromatic carbocycles. The second-order valence-corrected chi connectivity index (χ2v) is 5.84. The molecule has 1 N–H and O–H groups in total. The molecule has 0 atom stereocenters. The maximum atomic E-state index is 12.3. The number of carbonyl (C=O) groups is 1. The van der Waals surface area contributed by atoms with Crippen LogP contribution in [-0.2, 0) is 0 Å². The van der Waals surface area contributed by atoms with E-state index in [0.29, 0.717) is 31.5 Å². The highest BCUT2D eigenvalue weighted by Crippen LogP contribution is 2.34. The van der Waals surface area contributed by atoms with Crippen molar-refractivity contribution >= 4 is 17.7 Å². The molecular formula is C14H16N2O2S. The number of benzene rings is 1. The number of phenols is 1. The molecule has 1 aliphatic rings. The number of rotatable bonds is 2. The molecule has 1 fully saturated rings. The summed E-state index contributed by atoms with van der Waals surface area (Å²) in [5.41, 5.74) is 0.575. The van der Waals surface area contributed by atoms with Crippen molar-refractivity contribution in [1.82, 2.24) is 4.90 Å². The highest BCUT2D eigenvalue weighted by atomic mass is 32.2. The Bertz CT molecular complexity index is 499. The largest absolute Gasteiger partial charge is 0.508 e. The molecule has 100 valence electrons. The van der Waals surface area contributed by atoms with Gasteiger partial charge in [0, 0.05) is 18.7 Å². The molecule has 2 rings (SSSR count). The number of nitriles is 1. The number of thioether (sulfide) groups is 1. The highest BCUT2D eigenvalue weighted by Gasteiger charge is 2.35. The smallest absolute Gasteiger partial charge is 0.253 e. The Morgan fingerprint density at radius 2 is 1.95 bits per heavy atom. The Kier molecular flexibility index (Phi) is 4.01. The van der Waals surface area contributed by atoms with Crippen molar-refractivity contribution in [2.24, 2.45) is 0 Å². The number of likely N-dealkylation sites (tertiary alicyclic amines) is 1. The summed E-state index contributed by atoms with van der Waals surface area (Å²) >= 11 is 1.57. The first kappa shape index (κ1) is 13.8. The lowest BCUT2D eigenvalue weighted by molar-refractivity contribution is 0.0716. The van der Waals surface area contributed by atoms with Crippen molar-refractivity contribution in [3.05, 3.63) is 29.8 Å². The van der Waals surface area contributed by atoms with Crippen LogP contribution in [0, 0.1) is 11.3 Å². The zero-order valence-electron chi connectivity index (χ0n) is 10.8. The van der Waals surface area contributed by atoms with Gasteiger partial charge in [0.15, 0.2) is 0 Å². The van der Waals surface area contributed by atoms with E-state index < -0.39 is 0 Å². The van der Waals surface area contributed by atoms with Crippen LogP contribution in [0.1, 0.15) is 23.2 Å². The minimum absolute atomic E-state index is 0.0346. The van der Waals surface area contributed by atoms with Gasteiger partial charge < -0.3 is 10.0 Å². The molecule has 0 spiro atoms. The Morgan fingerprint density at radius 1 is 1.37 bits per heavy atom. The Balaban J connectivity index is 2.04. The first-order valence-electron chi connectivity index (χ1n) is 6.15. The summed E-state index contributed by atoms with van der Waals surface area (Å²) in [4.78, 5) is 14.0. The van der Waals surface area contributed by atoms with Gasteiger partial charge in [0.1, 0.15) is 10.5 Å². The molecule has 0 saturated carbocycles. The number of piperidine rings is 1. The Labute approximate surface area is 117 Å². The molecule has 0 unspecified atom stereocenters. The zero-order chi connectivity index (χ0) is 13.9. The fourth-order valence-electron chi connectivity index (χ4n) is 2.22. The molecule has 19 heavy (non-hydrogen) atoms. The molecule has 0 aromatic heterocycles. The van der Waals surface area contributed by atoms with Crippen molar-refractivity contribution in [1.29, 1.82) is 5.26 Å². The number of carbonyl (C=O) groups excluding carboxylic acids is 1. The monoisotopic (exact) mass is 276 g/mol. The molecule has 1 aliphatic heterocycles. The van der Waals surface area contributed by atoms with Crippen LogP contribution in [0.15, 0.2) is 24.3 Å². The van der Waals surface area contributed by atoms with Crippen molar-refractivity contribution < 1.29 is 9.90 Å². The lowest BCUT2D eigenvalue weighted by Gasteiger charge is -2.36. The van der Waals surface area contributed by atoms with E-state index in [9.17, 15) is 15.2 Å². The lowest BCUT2D eigenvalue weighted by Crippen LogP contribution is -2.44. The molecule has 1 aromatic rings. The topological polar surface area (TPSA) is 64.3 Å². The van der Waals surface area contributed by atoms with Gasteiger partial charge >= 0.3 is 0 Å². The molecule has 0 bridgehead atoms. The van der Waals surface area contributed by atoms with E-state index in [1.54, 1.807) is 28.8 Å². The number of phenolic OH excluding ortho intramolecular Hbond substituents is 1. The highest BCUT2D eigenvalue weighted by molar-refractivity contribution is 8.00. The normalized spacial score (nSPS) is 17.8. The average molecular weight is 276 g/mol. The number of hydrogen-bond acceptors (Lipinski definition) is 4. The second kappa shape index (κ2) is 5.54. The molecule has 4 nitrogen and oxygen atoms in total. The van der Waals surface area contributed by atoms with Crippen molar-refractivity contribution in [2.75, 3.05) is 19.3 Å². The molecule has 0 aliphatic carbocycles. The molecule has 1 amide bonds. The fraction of sp³-hybridized carbons (Fsp3) is 0.429. The van der Waals surface area contributed by atoms with Crippen molar-refractivity contribution in [2.45, 2.75) is 17.6 Å². The summed E-state index contributed by atoms with van der Waals surface area (Å²) in [5.74, 6) is 0.119. The zero-order valence-corrected chi connectivity index (χ0v) is 11.6. The molecule has 0 radical (unpaired) electrons. The van der Waals surface area contributed by atoms with Gasteiger partial charge in [-0.3, -0.25) is 4.79 Å². The maximum absolute atomic E-state index is 12.3. The van der Waals surface area contributed by atoms with Crippen LogP contribution in [-0.4, -0.2) is 40.0 Å². The third-order valence-corrected chi connectivity index (χ3v) is 4.85. The SMILES string of the molecule is CSC1(C#N)CCN(C(=O)c2ccc(O)cc2)CC1. The van der Waals surface area contributed by atoms with E-state index >= 15 is 0 Å². The van der Waals surface area contributed by atoms with Gasteiger partial charge in [0.05, 0.1) is 6.07 Å². The van der Waals surface area contributed by atoms with Gasteiger partial charge in [0.25, 0.3) is 5.91 Å². The minimum Gasteiger partial charge on any atom is -0.508 e. The number of hydrogen-bond donors (Lipinski definition) is 1. The molecule has 1 saturated heterocycles. The third kappa shape index (κ3) is 2.85. The maximum Gasteiger partial charge on any atom is 0.253 e. The summed E-state index contributed by atoms with van der Waals surface area (Å²) < 4.78 is -0.342. The molecule has 1 heterocycles. The molecule has 5 heteroatoms. The first-order chi connectivity index (χ1) is 9.10. The fourth-order valence-corrected chi connectivity index (χ4v) is 2.90. The summed E-state index contributed by atoms with van der Waals surface area (Å²) in [7, 11) is 0. The van der Waals surface area contributed by atoms with Gasteiger partial charge in [0.2, 0.25) is 0 Å². The van der Waals surface area contributed by atoms with Gasteiger partial charge in [-0.25, -0.2) is 0 Å². The summed E-state index contributed by atoms with van der Waals surface area (Å²) in [6.45, 7) is 1.21. The first-order valence-corrected chi connectivity index (χ1v) is 7.37. The van der Waals surface area contributed by atoms with E-state index in [4.69, 9.17) is 0 Å². The van der Waals surface area contributed by atoms with E-state index in [2.05, 4.69) is 6.07 Å². The van der Waals surface area contributed by atoms with Gasteiger partial charge in [-0.2, -0.15) is 5.26 Å².